The minimum atomic E-state index is -0.919. The van der Waals surface area contributed by atoms with Gasteiger partial charge in [-0.25, -0.2) is 9.18 Å². The molecule has 1 aliphatic carbocycles. The van der Waals surface area contributed by atoms with Crippen LogP contribution in [0.4, 0.5) is 9.18 Å². The van der Waals surface area contributed by atoms with Crippen molar-refractivity contribution in [2.75, 3.05) is 19.7 Å². The van der Waals surface area contributed by atoms with Gasteiger partial charge in [-0.15, -0.1) is 0 Å². The molecule has 0 saturated carbocycles. The Morgan fingerprint density at radius 3 is 2.42 bits per heavy atom. The molecule has 1 amide bonds. The smallest absolute Gasteiger partial charge is 0.407 e. The fraction of sp³-hybridized carbons (Fsp3) is 0.381. The molecule has 0 bridgehead atoms. The molecule has 5 heteroatoms. The summed E-state index contributed by atoms with van der Waals surface area (Å²) in [6.45, 7) is 1.31. The molecule has 4 rings (SSSR count). The maximum atomic E-state index is 13.8. The van der Waals surface area contributed by atoms with Gasteiger partial charge in [0.15, 0.2) is 0 Å². The molecule has 0 spiro atoms. The zero-order chi connectivity index (χ0) is 17.9. The van der Waals surface area contributed by atoms with Gasteiger partial charge in [-0.2, -0.15) is 0 Å². The van der Waals surface area contributed by atoms with Crippen LogP contribution in [-0.4, -0.2) is 38.0 Å². The first-order valence-corrected chi connectivity index (χ1v) is 9.20. The lowest BCUT2D eigenvalue weighted by Gasteiger charge is -2.27. The lowest BCUT2D eigenvalue weighted by Crippen LogP contribution is -2.49. The Hall–Kier alpha value is -2.40. The Bertz CT molecular complexity index is 750. The number of benzene rings is 2. The van der Waals surface area contributed by atoms with E-state index in [1.807, 2.05) is 24.3 Å². The van der Waals surface area contributed by atoms with Crippen LogP contribution in [0.1, 0.15) is 29.9 Å². The van der Waals surface area contributed by atoms with Crippen molar-refractivity contribution in [2.24, 2.45) is 0 Å². The fourth-order valence-electron chi connectivity index (χ4n) is 3.96. The van der Waals surface area contributed by atoms with E-state index in [1.165, 1.54) is 22.3 Å². The van der Waals surface area contributed by atoms with E-state index in [-0.39, 0.29) is 25.1 Å². The number of rotatable bonds is 4. The maximum Gasteiger partial charge on any atom is 0.407 e. The van der Waals surface area contributed by atoms with Gasteiger partial charge >= 0.3 is 6.09 Å². The monoisotopic (exact) mass is 354 g/mol. The number of hydrogen-bond acceptors (Lipinski definition) is 3. The van der Waals surface area contributed by atoms with Gasteiger partial charge in [0, 0.05) is 12.5 Å². The zero-order valence-corrected chi connectivity index (χ0v) is 14.6. The summed E-state index contributed by atoms with van der Waals surface area (Å²) in [4.78, 5) is 12.1. The third-order valence-electron chi connectivity index (χ3n) is 5.31. The predicted molar refractivity (Wildman–Crippen MR) is 99.0 cm³/mol. The molecule has 2 aromatic rings. The van der Waals surface area contributed by atoms with Crippen LogP contribution in [0.25, 0.3) is 11.1 Å². The summed E-state index contributed by atoms with van der Waals surface area (Å²) in [6, 6.07) is 16.1. The lowest BCUT2D eigenvalue weighted by molar-refractivity contribution is 0.136. The number of hydrogen-bond donors (Lipinski definition) is 2. The lowest BCUT2D eigenvalue weighted by atomic mass is 9.98. The molecular weight excluding hydrogens is 331 g/mol. The van der Waals surface area contributed by atoms with Crippen molar-refractivity contribution in [3.05, 3.63) is 59.7 Å². The van der Waals surface area contributed by atoms with E-state index in [9.17, 15) is 9.18 Å². The van der Waals surface area contributed by atoms with E-state index in [1.54, 1.807) is 0 Å². The molecule has 2 unspecified atom stereocenters. The normalized spacial score (nSPS) is 21.7. The van der Waals surface area contributed by atoms with E-state index in [2.05, 4.69) is 34.9 Å². The Morgan fingerprint density at radius 1 is 1.12 bits per heavy atom. The van der Waals surface area contributed by atoms with Crippen molar-refractivity contribution < 1.29 is 13.9 Å². The second-order valence-corrected chi connectivity index (χ2v) is 6.93. The Balaban J connectivity index is 1.38. The second-order valence-electron chi connectivity index (χ2n) is 6.93. The minimum absolute atomic E-state index is 0.0369. The topological polar surface area (TPSA) is 50.4 Å². The summed E-state index contributed by atoms with van der Waals surface area (Å²) in [5.74, 6) is 0.0369. The summed E-state index contributed by atoms with van der Waals surface area (Å²) in [5.41, 5.74) is 4.76. The number of halogens is 1. The van der Waals surface area contributed by atoms with Crippen molar-refractivity contribution >= 4 is 6.09 Å². The summed E-state index contributed by atoms with van der Waals surface area (Å²) in [6.07, 6.45) is -0.0313. The second kappa shape index (κ2) is 7.46. The van der Waals surface area contributed by atoms with Crippen molar-refractivity contribution in [1.29, 1.82) is 0 Å². The van der Waals surface area contributed by atoms with Gasteiger partial charge in [0.1, 0.15) is 12.8 Å². The third kappa shape index (κ3) is 3.31. The molecule has 0 radical (unpaired) electrons. The van der Waals surface area contributed by atoms with E-state index in [0.717, 1.165) is 13.0 Å². The zero-order valence-electron chi connectivity index (χ0n) is 14.6. The average Bonchev–Trinajstić information content (AvgIpc) is 3.00. The number of ether oxygens (including phenoxy) is 1. The predicted octanol–water partition coefficient (Wildman–Crippen LogP) is 3.62. The minimum Gasteiger partial charge on any atom is -0.449 e. The number of nitrogens with one attached hydrogen (secondary N) is 2. The van der Waals surface area contributed by atoms with Crippen LogP contribution < -0.4 is 10.6 Å². The molecular formula is C21H23FN2O2. The van der Waals surface area contributed by atoms with Crippen LogP contribution in [0.3, 0.4) is 0 Å². The summed E-state index contributed by atoms with van der Waals surface area (Å²) >= 11 is 0. The molecule has 1 aliphatic heterocycles. The largest absolute Gasteiger partial charge is 0.449 e. The van der Waals surface area contributed by atoms with Crippen molar-refractivity contribution in [3.63, 3.8) is 0 Å². The molecule has 2 N–H and O–H groups in total. The van der Waals surface area contributed by atoms with Crippen LogP contribution in [0.15, 0.2) is 48.5 Å². The van der Waals surface area contributed by atoms with Crippen LogP contribution in [0.2, 0.25) is 0 Å². The number of alkyl halides is 1. The highest BCUT2D eigenvalue weighted by atomic mass is 19.1. The maximum absolute atomic E-state index is 13.8. The molecule has 1 heterocycles. The quantitative estimate of drug-likeness (QED) is 0.882. The molecule has 2 atom stereocenters. The highest BCUT2D eigenvalue weighted by Gasteiger charge is 2.29. The molecule has 1 fully saturated rings. The molecule has 136 valence electrons. The first-order valence-electron chi connectivity index (χ1n) is 9.20. The van der Waals surface area contributed by atoms with Crippen LogP contribution in [-0.2, 0) is 4.74 Å². The Labute approximate surface area is 152 Å². The van der Waals surface area contributed by atoms with Crippen LogP contribution >= 0.6 is 0 Å². The standard InChI is InChI=1S/C21H23FN2O2/c22-19-10-5-11-23-20(19)12-24-21(25)26-13-18-16-8-3-1-6-14(16)15-7-2-4-9-17(15)18/h1-4,6-9,18-20,23H,5,10-13H2,(H,24,25). The number of amides is 1. The number of carbonyl (C=O) groups excluding carboxylic acids is 1. The van der Waals surface area contributed by atoms with Gasteiger partial charge in [-0.1, -0.05) is 48.5 Å². The molecule has 0 aromatic heterocycles. The molecule has 2 aliphatic rings. The van der Waals surface area contributed by atoms with Gasteiger partial charge in [-0.05, 0) is 41.6 Å². The van der Waals surface area contributed by atoms with Crippen molar-refractivity contribution in [3.8, 4) is 11.1 Å². The summed E-state index contributed by atoms with van der Waals surface area (Å²) in [5, 5.41) is 5.79. The third-order valence-corrected chi connectivity index (χ3v) is 5.31. The Morgan fingerprint density at radius 2 is 1.77 bits per heavy atom. The highest BCUT2D eigenvalue weighted by Crippen LogP contribution is 2.44. The number of carbonyl (C=O) groups is 1. The molecule has 2 aromatic carbocycles. The average molecular weight is 354 g/mol. The van der Waals surface area contributed by atoms with Gasteiger partial charge < -0.3 is 15.4 Å². The Kier molecular flexibility index (Phi) is 4.89. The van der Waals surface area contributed by atoms with Gasteiger partial charge in [0.05, 0.1) is 6.04 Å². The SMILES string of the molecule is O=C(NCC1NCCCC1F)OCC1c2ccccc2-c2ccccc21. The molecule has 4 nitrogen and oxygen atoms in total. The van der Waals surface area contributed by atoms with E-state index < -0.39 is 12.3 Å². The molecule has 26 heavy (non-hydrogen) atoms. The fourth-order valence-corrected chi connectivity index (χ4v) is 3.96. The van der Waals surface area contributed by atoms with E-state index >= 15 is 0 Å². The first-order chi connectivity index (χ1) is 12.7. The number of piperidine rings is 1. The number of alkyl carbamates (subject to hydrolysis) is 1. The summed E-state index contributed by atoms with van der Waals surface area (Å²) in [7, 11) is 0. The van der Waals surface area contributed by atoms with Crippen molar-refractivity contribution in [2.45, 2.75) is 31.0 Å². The van der Waals surface area contributed by atoms with Gasteiger partial charge in [0.2, 0.25) is 0 Å². The summed E-state index contributed by atoms with van der Waals surface area (Å²) < 4.78 is 19.3. The van der Waals surface area contributed by atoms with Crippen LogP contribution in [0, 0.1) is 0 Å². The van der Waals surface area contributed by atoms with Gasteiger partial charge in [0.25, 0.3) is 0 Å². The number of fused-ring (bicyclic) bond motifs is 3. The van der Waals surface area contributed by atoms with Gasteiger partial charge in [-0.3, -0.25) is 0 Å². The first kappa shape index (κ1) is 17.0. The highest BCUT2D eigenvalue weighted by molar-refractivity contribution is 5.79. The van der Waals surface area contributed by atoms with Crippen molar-refractivity contribution in [1.82, 2.24) is 10.6 Å². The van der Waals surface area contributed by atoms with E-state index in [4.69, 9.17) is 4.74 Å². The molecule has 1 saturated heterocycles. The van der Waals surface area contributed by atoms with E-state index in [0.29, 0.717) is 6.42 Å². The van der Waals surface area contributed by atoms with Crippen LogP contribution in [0.5, 0.6) is 0 Å².